The van der Waals surface area contributed by atoms with Crippen LogP contribution < -0.4 is 4.74 Å². The van der Waals surface area contributed by atoms with E-state index in [1.165, 1.54) is 13.8 Å². The average Bonchev–Trinajstić information content (AvgIpc) is 3.29. The molecule has 3 aromatic carbocycles. The Balaban J connectivity index is 1.65. The first-order chi connectivity index (χ1) is 34.3. The third kappa shape index (κ3) is 16.7. The van der Waals surface area contributed by atoms with Gasteiger partial charge in [0.05, 0.1) is 37.1 Å². The number of methoxy groups -OCH3 is 1. The van der Waals surface area contributed by atoms with Crippen molar-refractivity contribution in [3.05, 3.63) is 98.4 Å². The molecule has 0 radical (unpaired) electrons. The van der Waals surface area contributed by atoms with Gasteiger partial charge in [-0.2, -0.15) is 0 Å². The minimum absolute atomic E-state index is 0.0686. The molecule has 5 rings (SSSR count). The van der Waals surface area contributed by atoms with Gasteiger partial charge < -0.3 is 56.2 Å². The van der Waals surface area contributed by atoms with Gasteiger partial charge in [0.15, 0.2) is 47.5 Å². The van der Waals surface area contributed by atoms with E-state index in [0.717, 1.165) is 14.5 Å². The summed E-state index contributed by atoms with van der Waals surface area (Å²) in [6, 6.07) is 20.6. The highest BCUT2D eigenvalue weighted by molar-refractivity contribution is 9.10. The van der Waals surface area contributed by atoms with E-state index in [9.17, 15) is 19.2 Å². The Bertz CT molecular complexity index is 2350. The quantitative estimate of drug-likeness (QED) is 0.0628. The highest BCUT2D eigenvalue weighted by Crippen LogP contribution is 2.43. The zero-order valence-electron chi connectivity index (χ0n) is 45.6. The van der Waals surface area contributed by atoms with Crippen molar-refractivity contribution in [3.8, 4) is 5.75 Å². The summed E-state index contributed by atoms with van der Waals surface area (Å²) in [7, 11) is -4.02. The summed E-state index contributed by atoms with van der Waals surface area (Å²) in [5.74, 6) is -2.02. The lowest BCUT2D eigenvalue weighted by Gasteiger charge is -2.51. The molecular weight excluding hydrogens is 1120 g/mol. The van der Waals surface area contributed by atoms with E-state index < -0.39 is 119 Å². The second-order valence-electron chi connectivity index (χ2n) is 22.6. The monoisotopic (exact) mass is 1190 g/mol. The Morgan fingerprint density at radius 2 is 0.986 bits per heavy atom. The lowest BCUT2D eigenvalue weighted by Crippen LogP contribution is -2.67. The van der Waals surface area contributed by atoms with Crippen LogP contribution >= 0.6 is 31.9 Å². The molecule has 2 aliphatic heterocycles. The molecule has 2 saturated heterocycles. The zero-order chi connectivity index (χ0) is 55.1. The number of halogens is 2. The van der Waals surface area contributed by atoms with Crippen molar-refractivity contribution in [1.82, 2.24) is 0 Å². The predicted octanol–water partition coefficient (Wildman–Crippen LogP) is 11.1. The molecule has 2 aliphatic rings. The predicted molar refractivity (Wildman–Crippen MR) is 289 cm³/mol. The van der Waals surface area contributed by atoms with Crippen molar-refractivity contribution in [2.24, 2.45) is 0 Å². The van der Waals surface area contributed by atoms with Gasteiger partial charge >= 0.3 is 23.9 Å². The molecule has 74 heavy (non-hydrogen) atoms. The molecule has 0 amide bonds. The van der Waals surface area contributed by atoms with E-state index >= 15 is 0 Å². The second kappa shape index (κ2) is 25.3. The Kier molecular flexibility index (Phi) is 20.9. The summed E-state index contributed by atoms with van der Waals surface area (Å²) in [6.07, 6.45) is -12.0. The normalized spacial score (nSPS) is 24.9. The fourth-order valence-corrected chi connectivity index (χ4v) is 10.7. The number of ether oxygens (including phenoxy) is 10. The van der Waals surface area contributed by atoms with Crippen LogP contribution in [-0.4, -0.2) is 128 Å². The number of esters is 4. The smallest absolute Gasteiger partial charge is 0.338 e. The number of carbonyl (C=O) groups is 4. The molecular formula is C54H76Br2O16Si2. The molecule has 0 saturated carbocycles. The van der Waals surface area contributed by atoms with Gasteiger partial charge in [-0.1, -0.05) is 85.5 Å². The Labute approximate surface area is 455 Å². The standard InChI is InChI=1S/C54H76Br2O16Si2/c1-32(57)65-46-45(72-74(15,16)54(9,10)11)43(69-49(60)36-21-25-38(56)26-22-36)41(30-63-48(59)35-19-23-37(55)24-20-35)67-50(46)64-31-40-42(62-29-34-17-27-39(61-12)28-18-34)44(71-73(13,14)53(6,7)8)47(66-33(2)58)51(68-40)70-52(3,4)5/h17-28,40-47,50-51H,29-31H2,1-16H3/t40-,41-,42-,43-,44+,45+,46-,47-,50-,51?/m1/s1. The van der Waals surface area contributed by atoms with Gasteiger partial charge in [-0.3, -0.25) is 9.59 Å². The molecule has 3 aromatic rings. The maximum Gasteiger partial charge on any atom is 0.338 e. The summed E-state index contributed by atoms with van der Waals surface area (Å²) in [6.45, 7) is 28.1. The third-order valence-electron chi connectivity index (χ3n) is 13.5. The highest BCUT2D eigenvalue weighted by Gasteiger charge is 2.57. The van der Waals surface area contributed by atoms with Crippen LogP contribution in [0.4, 0.5) is 0 Å². The lowest BCUT2D eigenvalue weighted by molar-refractivity contribution is -0.343. The summed E-state index contributed by atoms with van der Waals surface area (Å²) in [5.41, 5.74) is 0.471. The van der Waals surface area contributed by atoms with E-state index in [-0.39, 0.29) is 29.4 Å². The van der Waals surface area contributed by atoms with Gasteiger partial charge in [0.25, 0.3) is 0 Å². The van der Waals surface area contributed by atoms with Crippen LogP contribution in [-0.2, 0) is 67.7 Å². The van der Waals surface area contributed by atoms with Crippen molar-refractivity contribution < 1.29 is 75.4 Å². The number of rotatable bonds is 19. The van der Waals surface area contributed by atoms with Crippen LogP contribution in [0.5, 0.6) is 5.75 Å². The Morgan fingerprint density at radius 1 is 0.541 bits per heavy atom. The Hall–Kier alpha value is -3.55. The minimum Gasteiger partial charge on any atom is -0.497 e. The van der Waals surface area contributed by atoms with Crippen molar-refractivity contribution >= 4 is 72.4 Å². The molecule has 0 aromatic heterocycles. The highest BCUT2D eigenvalue weighted by atomic mass is 79.9. The molecule has 0 N–H and O–H groups in total. The fourth-order valence-electron chi connectivity index (χ4n) is 7.59. The van der Waals surface area contributed by atoms with Gasteiger partial charge in [0.2, 0.25) is 0 Å². The first kappa shape index (κ1) is 61.3. The van der Waals surface area contributed by atoms with Crippen LogP contribution in [0.1, 0.15) is 102 Å². The van der Waals surface area contributed by atoms with Gasteiger partial charge in [-0.05, 0) is 123 Å². The number of carbonyl (C=O) groups excluding carboxylic acids is 4. The summed E-state index contributed by atoms with van der Waals surface area (Å²) < 4.78 is 79.6. The lowest BCUT2D eigenvalue weighted by atomic mass is 9.97. The molecule has 2 fully saturated rings. The molecule has 16 nitrogen and oxygen atoms in total. The van der Waals surface area contributed by atoms with E-state index in [0.29, 0.717) is 5.75 Å². The van der Waals surface area contributed by atoms with E-state index in [4.69, 9.17) is 56.2 Å². The van der Waals surface area contributed by atoms with Crippen molar-refractivity contribution in [2.75, 3.05) is 20.3 Å². The van der Waals surface area contributed by atoms with Gasteiger partial charge in [-0.15, -0.1) is 0 Å². The molecule has 20 heteroatoms. The van der Waals surface area contributed by atoms with Gasteiger partial charge in [0, 0.05) is 22.8 Å². The van der Waals surface area contributed by atoms with Crippen LogP contribution in [0.2, 0.25) is 36.3 Å². The van der Waals surface area contributed by atoms with Crippen molar-refractivity contribution in [2.45, 2.75) is 186 Å². The fraction of sp³-hybridized carbons (Fsp3) is 0.593. The van der Waals surface area contributed by atoms with E-state index in [1.54, 1.807) is 55.6 Å². The van der Waals surface area contributed by atoms with Crippen LogP contribution in [0.15, 0.2) is 81.7 Å². The molecule has 0 spiro atoms. The SMILES string of the molecule is COc1ccc(CO[C@H]2[C@H](O[Si](C)(C)C(C)(C)C)[C@@H](OC(C)=O)C(OC(C)(C)C)O[C@@H]2CO[C@@H]2O[C@H](COC(=O)c3ccc(Br)cc3)[C@@H](OC(=O)c3ccc(Br)cc3)[C@H](O[Si](C)(C)C(C)(C)C)[C@H]2OC(C)=O)cc1. The molecule has 410 valence electrons. The second-order valence-corrected chi connectivity index (χ2v) is 33.9. The van der Waals surface area contributed by atoms with E-state index in [1.807, 2.05) is 78.9 Å². The average molecular weight is 1200 g/mol. The largest absolute Gasteiger partial charge is 0.497 e. The van der Waals surface area contributed by atoms with Gasteiger partial charge in [0.1, 0.15) is 42.9 Å². The first-order valence-corrected chi connectivity index (χ1v) is 32.1. The molecule has 1 unspecified atom stereocenters. The summed E-state index contributed by atoms with van der Waals surface area (Å²) in [5, 5.41) is -0.713. The van der Waals surface area contributed by atoms with Crippen LogP contribution in [0, 0.1) is 0 Å². The topological polar surface area (TPSA) is 179 Å². The minimum atomic E-state index is -2.88. The van der Waals surface area contributed by atoms with Crippen molar-refractivity contribution in [3.63, 3.8) is 0 Å². The maximum absolute atomic E-state index is 14.2. The molecule has 0 aliphatic carbocycles. The Morgan fingerprint density at radius 3 is 1.45 bits per heavy atom. The number of hydrogen-bond donors (Lipinski definition) is 0. The molecule has 2 heterocycles. The number of hydrogen-bond acceptors (Lipinski definition) is 16. The molecule has 0 bridgehead atoms. The molecule has 10 atom stereocenters. The van der Waals surface area contributed by atoms with Crippen LogP contribution in [0.25, 0.3) is 0 Å². The number of benzene rings is 3. The van der Waals surface area contributed by atoms with Gasteiger partial charge in [-0.25, -0.2) is 9.59 Å². The zero-order valence-corrected chi connectivity index (χ0v) is 50.8. The van der Waals surface area contributed by atoms with E-state index in [2.05, 4.69) is 65.7 Å². The summed E-state index contributed by atoms with van der Waals surface area (Å²) in [4.78, 5) is 54.2. The van der Waals surface area contributed by atoms with Crippen molar-refractivity contribution in [1.29, 1.82) is 0 Å². The third-order valence-corrected chi connectivity index (χ3v) is 23.5. The van der Waals surface area contributed by atoms with Crippen LogP contribution in [0.3, 0.4) is 0 Å². The summed E-state index contributed by atoms with van der Waals surface area (Å²) >= 11 is 6.84. The first-order valence-electron chi connectivity index (χ1n) is 24.7. The maximum atomic E-state index is 14.2.